The monoisotopic (exact) mass is 338 g/mol. The minimum Gasteiger partial charge on any atom is -0.497 e. The molecule has 0 saturated carbocycles. The summed E-state index contributed by atoms with van der Waals surface area (Å²) >= 11 is 0. The number of ether oxygens (including phenoxy) is 1. The second kappa shape index (κ2) is 8.06. The van der Waals surface area contributed by atoms with E-state index < -0.39 is 0 Å². The van der Waals surface area contributed by atoms with Gasteiger partial charge in [-0.3, -0.25) is 4.79 Å². The molecular weight excluding hydrogens is 312 g/mol. The van der Waals surface area contributed by atoms with Gasteiger partial charge in [-0.2, -0.15) is 0 Å². The molecule has 4 nitrogen and oxygen atoms in total. The summed E-state index contributed by atoms with van der Waals surface area (Å²) in [5.74, 6) is 0.939. The van der Waals surface area contributed by atoms with Crippen LogP contribution in [0.4, 0.5) is 5.69 Å². The maximum atomic E-state index is 12.3. The Bertz CT molecular complexity index is 725. The molecule has 132 valence electrons. The number of aryl methyl sites for hydroxylation is 2. The van der Waals surface area contributed by atoms with Gasteiger partial charge < -0.3 is 15.0 Å². The molecule has 1 heterocycles. The fraction of sp³-hybridized carbons (Fsp3) is 0.381. The minimum absolute atomic E-state index is 0.0851. The van der Waals surface area contributed by atoms with Crippen LogP contribution in [0.15, 0.2) is 42.5 Å². The number of rotatable bonds is 6. The van der Waals surface area contributed by atoms with Gasteiger partial charge in [-0.15, -0.1) is 0 Å². The lowest BCUT2D eigenvalue weighted by molar-refractivity contribution is -0.119. The Morgan fingerprint density at radius 2 is 2.00 bits per heavy atom. The van der Waals surface area contributed by atoms with Crippen LogP contribution in [0.5, 0.6) is 5.75 Å². The number of fused-ring (bicyclic) bond motifs is 1. The fourth-order valence-electron chi connectivity index (χ4n) is 3.34. The summed E-state index contributed by atoms with van der Waals surface area (Å²) in [7, 11) is 1.66. The summed E-state index contributed by atoms with van der Waals surface area (Å²) in [5, 5.41) is 3.04. The molecule has 0 saturated heterocycles. The number of amides is 1. The summed E-state index contributed by atoms with van der Waals surface area (Å²) < 4.78 is 5.16. The molecule has 2 aromatic rings. The van der Waals surface area contributed by atoms with Crippen LogP contribution in [0.25, 0.3) is 0 Å². The lowest BCUT2D eigenvalue weighted by Crippen LogP contribution is -2.40. The Hall–Kier alpha value is -2.49. The third-order valence-electron chi connectivity index (χ3n) is 4.68. The highest BCUT2D eigenvalue weighted by Crippen LogP contribution is 2.27. The van der Waals surface area contributed by atoms with Crippen LogP contribution in [0.3, 0.4) is 0 Å². The summed E-state index contributed by atoms with van der Waals surface area (Å²) in [4.78, 5) is 14.5. The Kier molecular flexibility index (Phi) is 5.59. The average Bonchev–Trinajstić information content (AvgIpc) is 2.62. The first-order valence-corrected chi connectivity index (χ1v) is 8.90. The van der Waals surface area contributed by atoms with Crippen LogP contribution < -0.4 is 15.0 Å². The highest BCUT2D eigenvalue weighted by atomic mass is 16.5. The first kappa shape index (κ1) is 17.3. The normalized spacial score (nSPS) is 13.3. The van der Waals surface area contributed by atoms with Crippen LogP contribution in [0, 0.1) is 6.92 Å². The number of nitrogens with one attached hydrogen (secondary N) is 1. The molecule has 4 heteroatoms. The van der Waals surface area contributed by atoms with Gasteiger partial charge >= 0.3 is 0 Å². The van der Waals surface area contributed by atoms with Gasteiger partial charge in [0.1, 0.15) is 5.75 Å². The fourth-order valence-corrected chi connectivity index (χ4v) is 3.34. The SMILES string of the molecule is COc1ccc(CCNC(=O)CN2CCCc3cc(C)ccc32)cc1. The number of carbonyl (C=O) groups excluding carboxylic acids is 1. The molecule has 1 amide bonds. The predicted molar refractivity (Wildman–Crippen MR) is 101 cm³/mol. The van der Waals surface area contributed by atoms with E-state index in [1.54, 1.807) is 7.11 Å². The molecule has 3 rings (SSSR count). The number of hydrogen-bond acceptors (Lipinski definition) is 3. The summed E-state index contributed by atoms with van der Waals surface area (Å²) in [6.45, 7) is 4.14. The average molecular weight is 338 g/mol. The lowest BCUT2D eigenvalue weighted by Gasteiger charge is -2.31. The van der Waals surface area contributed by atoms with E-state index >= 15 is 0 Å². The third-order valence-corrected chi connectivity index (χ3v) is 4.68. The number of methoxy groups -OCH3 is 1. The van der Waals surface area contributed by atoms with Crippen molar-refractivity contribution in [2.75, 3.05) is 31.6 Å². The third kappa shape index (κ3) is 4.53. The van der Waals surface area contributed by atoms with Crippen LogP contribution in [0.2, 0.25) is 0 Å². The Balaban J connectivity index is 1.50. The van der Waals surface area contributed by atoms with Gasteiger partial charge in [0.2, 0.25) is 5.91 Å². The zero-order valence-corrected chi connectivity index (χ0v) is 15.0. The van der Waals surface area contributed by atoms with Gasteiger partial charge in [0.25, 0.3) is 0 Å². The van der Waals surface area contributed by atoms with E-state index in [0.29, 0.717) is 13.1 Å². The van der Waals surface area contributed by atoms with Crippen molar-refractivity contribution in [1.29, 1.82) is 0 Å². The van der Waals surface area contributed by atoms with E-state index in [2.05, 4.69) is 35.3 Å². The van der Waals surface area contributed by atoms with E-state index in [-0.39, 0.29) is 5.91 Å². The second-order valence-corrected chi connectivity index (χ2v) is 6.61. The zero-order chi connectivity index (χ0) is 17.6. The molecular formula is C21H26N2O2. The standard InChI is InChI=1S/C21H26N2O2/c1-16-5-10-20-18(14-16)4-3-13-23(20)15-21(24)22-12-11-17-6-8-19(25-2)9-7-17/h5-10,14H,3-4,11-13,15H2,1-2H3,(H,22,24). The second-order valence-electron chi connectivity index (χ2n) is 6.61. The first-order chi connectivity index (χ1) is 12.2. The molecule has 0 aliphatic carbocycles. The quantitative estimate of drug-likeness (QED) is 0.880. The first-order valence-electron chi connectivity index (χ1n) is 8.90. The van der Waals surface area contributed by atoms with Crippen molar-refractivity contribution in [1.82, 2.24) is 5.32 Å². The van der Waals surface area contributed by atoms with Gasteiger partial charge in [-0.1, -0.05) is 29.8 Å². The zero-order valence-electron chi connectivity index (χ0n) is 15.0. The molecule has 0 spiro atoms. The molecule has 0 radical (unpaired) electrons. The van der Waals surface area contributed by atoms with E-state index in [1.165, 1.54) is 22.4 Å². The molecule has 2 aromatic carbocycles. The van der Waals surface area contributed by atoms with Crippen LogP contribution in [0.1, 0.15) is 23.1 Å². The maximum absolute atomic E-state index is 12.3. The highest BCUT2D eigenvalue weighted by Gasteiger charge is 2.18. The smallest absolute Gasteiger partial charge is 0.239 e. The number of benzene rings is 2. The Labute approximate surface area is 149 Å². The molecule has 0 fully saturated rings. The van der Waals surface area contributed by atoms with Crippen molar-refractivity contribution < 1.29 is 9.53 Å². The van der Waals surface area contributed by atoms with Crippen molar-refractivity contribution in [2.24, 2.45) is 0 Å². The number of hydrogen-bond donors (Lipinski definition) is 1. The van der Waals surface area contributed by atoms with Gasteiger partial charge in [0.05, 0.1) is 13.7 Å². The van der Waals surface area contributed by atoms with Crippen LogP contribution >= 0.6 is 0 Å². The minimum atomic E-state index is 0.0851. The van der Waals surface area contributed by atoms with Crippen molar-refractivity contribution in [2.45, 2.75) is 26.2 Å². The summed E-state index contributed by atoms with van der Waals surface area (Å²) in [5.41, 5.74) is 5.05. The molecule has 0 atom stereocenters. The largest absolute Gasteiger partial charge is 0.497 e. The lowest BCUT2D eigenvalue weighted by atomic mass is 9.99. The topological polar surface area (TPSA) is 41.6 Å². The molecule has 25 heavy (non-hydrogen) atoms. The van der Waals surface area contributed by atoms with E-state index in [0.717, 1.165) is 31.6 Å². The molecule has 0 unspecified atom stereocenters. The number of anilines is 1. The van der Waals surface area contributed by atoms with Crippen molar-refractivity contribution >= 4 is 11.6 Å². The Morgan fingerprint density at radius 1 is 1.20 bits per heavy atom. The molecule has 1 aliphatic heterocycles. The molecule has 1 N–H and O–H groups in total. The van der Waals surface area contributed by atoms with Crippen molar-refractivity contribution in [3.63, 3.8) is 0 Å². The van der Waals surface area contributed by atoms with E-state index in [4.69, 9.17) is 4.74 Å². The predicted octanol–water partition coefficient (Wildman–Crippen LogP) is 3.12. The molecule has 0 bridgehead atoms. The van der Waals surface area contributed by atoms with E-state index in [1.807, 2.05) is 24.3 Å². The summed E-state index contributed by atoms with van der Waals surface area (Å²) in [6, 6.07) is 14.5. The maximum Gasteiger partial charge on any atom is 0.239 e. The van der Waals surface area contributed by atoms with Crippen LogP contribution in [-0.4, -0.2) is 32.7 Å². The van der Waals surface area contributed by atoms with E-state index in [9.17, 15) is 4.79 Å². The van der Waals surface area contributed by atoms with Gasteiger partial charge in [-0.05, 0) is 55.5 Å². The van der Waals surface area contributed by atoms with Gasteiger partial charge in [0, 0.05) is 18.8 Å². The Morgan fingerprint density at radius 3 is 2.76 bits per heavy atom. The molecule has 0 aromatic heterocycles. The van der Waals surface area contributed by atoms with Gasteiger partial charge in [0.15, 0.2) is 0 Å². The molecule has 1 aliphatic rings. The van der Waals surface area contributed by atoms with Crippen LogP contribution in [-0.2, 0) is 17.6 Å². The van der Waals surface area contributed by atoms with Crippen molar-refractivity contribution in [3.05, 3.63) is 59.2 Å². The number of carbonyl (C=O) groups is 1. The van der Waals surface area contributed by atoms with Gasteiger partial charge in [-0.25, -0.2) is 0 Å². The highest BCUT2D eigenvalue weighted by molar-refractivity contribution is 5.82. The van der Waals surface area contributed by atoms with Crippen molar-refractivity contribution in [3.8, 4) is 5.75 Å². The number of nitrogens with zero attached hydrogens (tertiary/aromatic N) is 1. The summed E-state index contributed by atoms with van der Waals surface area (Å²) in [6.07, 6.45) is 3.04.